The minimum absolute atomic E-state index is 0.236. The Morgan fingerprint density at radius 2 is 2.36 bits per heavy atom. The predicted molar refractivity (Wildman–Crippen MR) is 46.1 cm³/mol. The minimum Gasteiger partial charge on any atom is -0.466 e. The molecule has 0 spiro atoms. The maximum Gasteiger partial charge on any atom is 0.311 e. The summed E-state index contributed by atoms with van der Waals surface area (Å²) in [5, 5.41) is 0. The molecule has 66 valence electrons. The Kier molecular flexibility index (Phi) is 4.48. The van der Waals surface area contributed by atoms with Crippen LogP contribution in [0.2, 0.25) is 0 Å². The minimum atomic E-state index is -0.332. The Hall–Kier alpha value is -0.140. The van der Waals surface area contributed by atoms with E-state index in [0.29, 0.717) is 6.61 Å². The van der Waals surface area contributed by atoms with Crippen molar-refractivity contribution in [3.8, 4) is 0 Å². The molecule has 2 unspecified atom stereocenters. The number of hydrogen-bond donors (Lipinski definition) is 0. The molecule has 0 N–H and O–H groups in total. The van der Waals surface area contributed by atoms with Crippen LogP contribution in [-0.2, 0) is 14.1 Å². The first-order valence-electron chi connectivity index (χ1n) is 4.12. The molecular formula is C7H15O3P. The molecule has 11 heavy (non-hydrogen) atoms. The summed E-state index contributed by atoms with van der Waals surface area (Å²) in [5.74, 6) is -0.550. The number of rotatable bonds is 5. The summed E-state index contributed by atoms with van der Waals surface area (Å²) >= 11 is 0. The molecule has 0 saturated heterocycles. The molecule has 3 atom stereocenters. The van der Waals surface area contributed by atoms with Gasteiger partial charge in [0.1, 0.15) is 0 Å². The van der Waals surface area contributed by atoms with Crippen molar-refractivity contribution in [2.45, 2.75) is 26.9 Å². The molecule has 0 aliphatic carbocycles. The molecule has 3 nitrogen and oxygen atoms in total. The van der Waals surface area contributed by atoms with Crippen LogP contribution in [0.15, 0.2) is 0 Å². The molecule has 0 bridgehead atoms. The van der Waals surface area contributed by atoms with Gasteiger partial charge in [0.25, 0.3) is 0 Å². The van der Waals surface area contributed by atoms with Crippen LogP contribution < -0.4 is 0 Å². The lowest BCUT2D eigenvalue weighted by atomic mass is 10.1. The van der Waals surface area contributed by atoms with Gasteiger partial charge in [-0.15, -0.1) is 0 Å². The van der Waals surface area contributed by atoms with Gasteiger partial charge in [0.2, 0.25) is 0 Å². The van der Waals surface area contributed by atoms with E-state index in [9.17, 15) is 4.79 Å². The Morgan fingerprint density at radius 3 is 2.82 bits per heavy atom. The first kappa shape index (κ1) is 8.95. The molecule has 0 fully saturated rings. The highest BCUT2D eigenvalue weighted by Gasteiger charge is 2.20. The van der Waals surface area contributed by atoms with Crippen molar-refractivity contribution in [1.29, 1.82) is 1.28 Å². The van der Waals surface area contributed by atoms with E-state index in [1.807, 2.05) is 0 Å². The summed E-state index contributed by atoms with van der Waals surface area (Å²) in [4.78, 5) is 11.1. The second kappa shape index (κ2) is 5.50. The van der Waals surface area contributed by atoms with E-state index in [4.69, 9.17) is 10.5 Å². The summed E-state index contributed by atoms with van der Waals surface area (Å²) in [7, 11) is -0.332. The lowest BCUT2D eigenvalue weighted by Gasteiger charge is -2.15. The van der Waals surface area contributed by atoms with Crippen molar-refractivity contribution in [3.05, 3.63) is 0 Å². The van der Waals surface area contributed by atoms with Crippen molar-refractivity contribution in [2.75, 3.05) is 6.61 Å². The van der Waals surface area contributed by atoms with Gasteiger partial charge in [-0.1, -0.05) is 0 Å². The smallest absolute Gasteiger partial charge is 0.311 e. The van der Waals surface area contributed by atoms with Gasteiger partial charge in [-0.2, -0.15) is 0 Å². The highest BCUT2D eigenvalue weighted by atomic mass is 31.0. The second-order valence-electron chi connectivity index (χ2n) is 2.36. The van der Waals surface area contributed by atoms with E-state index >= 15 is 0 Å². The zero-order chi connectivity index (χ0) is 9.56. The summed E-state index contributed by atoms with van der Waals surface area (Å²) in [6.45, 7) is 5.66. The van der Waals surface area contributed by atoms with Gasteiger partial charge < -0.3 is 9.26 Å². The van der Waals surface area contributed by atoms with Crippen molar-refractivity contribution in [1.82, 2.24) is 0 Å². The number of hydrogen-bond acceptors (Lipinski definition) is 3. The van der Waals surface area contributed by atoms with Gasteiger partial charge in [-0.05, 0) is 20.8 Å². The third-order valence-electron chi connectivity index (χ3n) is 1.55. The van der Waals surface area contributed by atoms with E-state index < -0.39 is 0 Å². The van der Waals surface area contributed by atoms with Crippen LogP contribution in [0.5, 0.6) is 0 Å². The average molecular weight is 180 g/mol. The molecule has 0 aliphatic rings. The molecule has 0 saturated carbocycles. The zero-order valence-electron chi connectivity index (χ0n) is 8.09. The van der Waals surface area contributed by atoms with Gasteiger partial charge in [0, 0.05) is 9.41 Å². The lowest BCUT2D eigenvalue weighted by molar-refractivity contribution is -0.149. The second-order valence-corrected chi connectivity index (χ2v) is 2.60. The molecule has 0 amide bonds. The Bertz CT molecular complexity index is 143. The van der Waals surface area contributed by atoms with Crippen LogP contribution in [0.4, 0.5) is 0 Å². The number of carbonyl (C=O) groups excluding carboxylic acids is 1. The molecule has 4 heteroatoms. The quantitative estimate of drug-likeness (QED) is 0.473. The first-order valence-corrected chi connectivity index (χ1v) is 4.03. The molecule has 0 heterocycles. The molecular weight excluding hydrogens is 163 g/mol. The maximum atomic E-state index is 11.1. The summed E-state index contributed by atoms with van der Waals surface area (Å²) < 4.78 is 16.6. The Balaban J connectivity index is 3.82. The zero-order valence-corrected chi connectivity index (χ0v) is 8.09. The molecule has 0 aromatic carbocycles. The van der Waals surface area contributed by atoms with E-state index in [-0.39, 0.29) is 27.4 Å². The largest absolute Gasteiger partial charge is 0.466 e. The number of esters is 1. The van der Waals surface area contributed by atoms with Crippen molar-refractivity contribution < 1.29 is 14.1 Å². The maximum absolute atomic E-state index is 11.1. The Morgan fingerprint density at radius 1 is 1.73 bits per heavy atom. The van der Waals surface area contributed by atoms with Crippen LogP contribution >= 0.6 is 9.41 Å². The fourth-order valence-corrected chi connectivity index (χ4v) is 0.772. The van der Waals surface area contributed by atoms with Crippen LogP contribution in [-0.4, -0.2) is 20.0 Å². The normalized spacial score (nSPS) is 17.9. The topological polar surface area (TPSA) is 35.5 Å². The first-order chi connectivity index (χ1) is 5.63. The van der Waals surface area contributed by atoms with Gasteiger partial charge in [-0.3, -0.25) is 4.79 Å². The average Bonchev–Trinajstić information content (AvgIpc) is 2.04. The van der Waals surface area contributed by atoms with Gasteiger partial charge >= 0.3 is 5.97 Å². The molecule has 0 rings (SSSR count). The highest BCUT2D eigenvalue weighted by Crippen LogP contribution is 2.11. The third-order valence-corrected chi connectivity index (χ3v) is 1.92. The summed E-state index contributed by atoms with van der Waals surface area (Å²) in [6, 6.07) is 0. The number of carbonyl (C=O) groups is 1. The predicted octanol–water partition coefficient (Wildman–Crippen LogP) is 1.38. The van der Waals surface area contributed by atoms with E-state index in [0.717, 1.165) is 0 Å². The van der Waals surface area contributed by atoms with Crippen molar-refractivity contribution >= 4 is 15.4 Å². The van der Waals surface area contributed by atoms with Crippen LogP contribution in [0, 0.1) is 5.92 Å². The highest BCUT2D eigenvalue weighted by molar-refractivity contribution is 7.09. The van der Waals surface area contributed by atoms with E-state index in [1.54, 1.807) is 20.8 Å². The fraction of sp³-hybridized carbons (Fsp3) is 0.857. The molecule has 0 aliphatic heterocycles. The fourth-order valence-electron chi connectivity index (χ4n) is 0.567. The molecule has 0 aromatic heterocycles. The van der Waals surface area contributed by atoms with Gasteiger partial charge in [0.15, 0.2) is 0 Å². The van der Waals surface area contributed by atoms with E-state index in [2.05, 4.69) is 0 Å². The summed E-state index contributed by atoms with van der Waals surface area (Å²) in [5.41, 5.74) is 0. The lowest BCUT2D eigenvalue weighted by Crippen LogP contribution is -2.25. The Labute approximate surface area is 71.0 Å². The van der Waals surface area contributed by atoms with Crippen LogP contribution in [0.25, 0.3) is 0 Å². The van der Waals surface area contributed by atoms with Gasteiger partial charge in [0.05, 0.1) is 19.9 Å². The van der Waals surface area contributed by atoms with Crippen molar-refractivity contribution in [2.24, 2.45) is 5.92 Å². The summed E-state index contributed by atoms with van der Waals surface area (Å²) in [6.07, 6.45) is -0.236. The number of ether oxygens (including phenoxy) is 1. The third kappa shape index (κ3) is 3.68. The van der Waals surface area contributed by atoms with E-state index in [1.165, 1.54) is 0 Å². The monoisotopic (exact) mass is 180 g/mol. The molecule has 0 radical (unpaired) electrons. The van der Waals surface area contributed by atoms with Gasteiger partial charge in [-0.25, -0.2) is 0 Å². The van der Waals surface area contributed by atoms with Crippen molar-refractivity contribution in [3.63, 3.8) is 0 Å². The molecule has 0 aromatic rings. The standard InChI is InChI=1S/C7H15O3P/c1-4-9-7(8)5(2)6(3)10-11/h5-6H,4,11H2,1-3H3/t5?,6-/m0/s1/i11T/t5?,6-,11?. The van der Waals surface area contributed by atoms with Crippen LogP contribution in [0.3, 0.4) is 0 Å². The SMILES string of the molecule is [3H]PO[C@@H](C)C(C)C(=O)OCC. The van der Waals surface area contributed by atoms with Crippen LogP contribution in [0.1, 0.15) is 20.8 Å².